The third-order valence-electron chi connectivity index (χ3n) is 0. The Morgan fingerprint density at radius 2 is 1.12 bits per heavy atom. The van der Waals surface area contributed by atoms with Crippen LogP contribution in [0.2, 0.25) is 0 Å². The molecule has 5 nitrogen and oxygen atoms in total. The molecule has 8 heavy (non-hydrogen) atoms. The van der Waals surface area contributed by atoms with Crippen molar-refractivity contribution in [3.05, 3.63) is 0 Å². The zero-order chi connectivity index (χ0) is 4.50. The first-order valence-corrected chi connectivity index (χ1v) is 2.19. The molecule has 0 heterocycles. The Balaban J connectivity index is -0.0000000267. The summed E-state index contributed by atoms with van der Waals surface area (Å²) in [5, 5.41) is 0. The van der Waals surface area contributed by atoms with Crippen LogP contribution in [-0.4, -0.2) is 50.1 Å². The summed E-state index contributed by atoms with van der Waals surface area (Å²) in [7, 11) is -5.39. The van der Waals surface area contributed by atoms with Crippen LogP contribution in [0.4, 0.5) is 0 Å². The Kier molecular flexibility index (Phi) is 24.2. The van der Waals surface area contributed by atoms with E-state index in [2.05, 4.69) is 0 Å². The number of hydrogen-bond donors (Lipinski definition) is 0. The van der Waals surface area contributed by atoms with E-state index in [1.54, 1.807) is 0 Å². The summed E-state index contributed by atoms with van der Waals surface area (Å²) in [5.41, 5.74) is 0. The van der Waals surface area contributed by atoms with E-state index < -0.39 is 7.82 Å². The molecule has 4 radical (unpaired) electrons. The van der Waals surface area contributed by atoms with Gasteiger partial charge in [0.05, 0.1) is 0 Å². The second kappa shape index (κ2) is 8.52. The molecule has 0 unspecified atom stereocenters. The first kappa shape index (κ1) is 22.7. The fourth-order valence-corrected chi connectivity index (χ4v) is 0. The molecule has 0 saturated heterocycles. The van der Waals surface area contributed by atoms with Crippen molar-refractivity contribution in [3.8, 4) is 0 Å². The summed E-state index contributed by atoms with van der Waals surface area (Å²) in [6.45, 7) is 0. The Morgan fingerprint density at radius 3 is 1.12 bits per heavy atom. The maximum Gasteiger partial charge on any atom is 3.00 e. The van der Waals surface area contributed by atoms with Crippen LogP contribution in [0.3, 0.4) is 0 Å². The average Bonchev–Trinajstić information content (AvgIpc) is 0.722. The van der Waals surface area contributed by atoms with Crippen molar-refractivity contribution in [1.82, 2.24) is 0 Å². The van der Waals surface area contributed by atoms with Crippen LogP contribution in [0.5, 0.6) is 0 Å². The molecule has 0 amide bonds. The van der Waals surface area contributed by atoms with Crippen molar-refractivity contribution in [2.75, 3.05) is 0 Å². The van der Waals surface area contributed by atoms with Gasteiger partial charge in [-0.3, -0.25) is 0 Å². The van der Waals surface area contributed by atoms with E-state index in [0.717, 1.165) is 0 Å². The van der Waals surface area contributed by atoms with Crippen LogP contribution in [0.1, 0.15) is 0 Å². The molecule has 0 rings (SSSR count). The zero-order valence-electron chi connectivity index (χ0n) is 3.66. The third-order valence-corrected chi connectivity index (χ3v) is 0. The molecule has 0 saturated carbocycles. The van der Waals surface area contributed by atoms with Crippen molar-refractivity contribution < 1.29 is 24.7 Å². The molecule has 0 aliphatic carbocycles. The number of rotatable bonds is 0. The molecule has 0 spiro atoms. The van der Waals surface area contributed by atoms with Crippen molar-refractivity contribution in [2.45, 2.75) is 0 Å². The molecule has 0 aliphatic heterocycles. The van der Waals surface area contributed by atoms with Crippen LogP contribution in [-0.2, 0) is 4.57 Å². The van der Waals surface area contributed by atoms with Crippen LogP contribution in [0, 0.1) is 0 Å². The van der Waals surface area contributed by atoms with Crippen molar-refractivity contribution in [3.63, 3.8) is 0 Å². The van der Waals surface area contributed by atoms with Crippen molar-refractivity contribution in [2.24, 2.45) is 0 Å². The van der Waals surface area contributed by atoms with Crippen molar-refractivity contribution in [1.29, 1.82) is 0 Å². The van der Waals surface area contributed by atoms with Gasteiger partial charge in [-0.1, -0.05) is 0 Å². The summed E-state index contributed by atoms with van der Waals surface area (Å²) in [6, 6.07) is 0. The van der Waals surface area contributed by atoms with Gasteiger partial charge in [-0.25, -0.2) is 0 Å². The standard InChI is InChI=1S/Al.H3O4P.H2O.Pb/c;1-5(2,3)4;;/h;(H3,1,2,3,4);1H2;/q+3;;;/p-3. The summed E-state index contributed by atoms with van der Waals surface area (Å²) < 4.78 is 8.55. The number of phosphoric acid groups is 1. The summed E-state index contributed by atoms with van der Waals surface area (Å²) in [6.07, 6.45) is 0. The van der Waals surface area contributed by atoms with Gasteiger partial charge in [-0.05, 0) is 0 Å². The van der Waals surface area contributed by atoms with E-state index in [9.17, 15) is 0 Å². The molecule has 2 N–H and O–H groups in total. The van der Waals surface area contributed by atoms with Crippen LogP contribution in [0.25, 0.3) is 0 Å². The van der Waals surface area contributed by atoms with Gasteiger partial charge in [0.2, 0.25) is 0 Å². The molecule has 0 aromatic rings. The first-order chi connectivity index (χ1) is 2.00. The molecule has 0 atom stereocenters. The Morgan fingerprint density at radius 1 is 1.12 bits per heavy atom. The quantitative estimate of drug-likeness (QED) is 0.325. The van der Waals surface area contributed by atoms with E-state index in [0.29, 0.717) is 0 Å². The summed E-state index contributed by atoms with van der Waals surface area (Å²) in [5.74, 6) is 0. The Hall–Kier alpha value is 1.52. The molecule has 0 fully saturated rings. The van der Waals surface area contributed by atoms with E-state index >= 15 is 0 Å². The van der Waals surface area contributed by atoms with E-state index in [4.69, 9.17) is 19.2 Å². The average molecular weight is 347 g/mol. The van der Waals surface area contributed by atoms with E-state index in [-0.39, 0.29) is 50.1 Å². The van der Waals surface area contributed by atoms with Gasteiger partial charge < -0.3 is 24.7 Å². The summed E-state index contributed by atoms with van der Waals surface area (Å²) in [4.78, 5) is 25.6. The second-order valence-electron chi connectivity index (χ2n) is 0.447. The fraction of sp³-hybridized carbons (Fsp3) is 0. The fourth-order valence-electron chi connectivity index (χ4n) is 0. The molecule has 0 aromatic carbocycles. The molecule has 0 aliphatic rings. The van der Waals surface area contributed by atoms with Gasteiger partial charge in [0.1, 0.15) is 0 Å². The maximum absolute atomic E-state index is 8.55. The maximum atomic E-state index is 8.55. The van der Waals surface area contributed by atoms with Gasteiger partial charge in [-0.15, -0.1) is 0 Å². The topological polar surface area (TPSA) is 118 Å². The predicted molar refractivity (Wildman–Crippen MR) is 22.7 cm³/mol. The van der Waals surface area contributed by atoms with E-state index in [1.165, 1.54) is 0 Å². The largest absolute Gasteiger partial charge is 3.00 e. The predicted octanol–water partition coefficient (Wildman–Crippen LogP) is -4.41. The van der Waals surface area contributed by atoms with E-state index in [1.807, 2.05) is 0 Å². The molecule has 44 valence electrons. The van der Waals surface area contributed by atoms with Crippen LogP contribution < -0.4 is 14.7 Å². The second-order valence-corrected chi connectivity index (χ2v) is 1.34. The van der Waals surface area contributed by atoms with Gasteiger partial charge >= 0.3 is 17.4 Å². The van der Waals surface area contributed by atoms with Crippen LogP contribution in [0.15, 0.2) is 0 Å². The first-order valence-electron chi connectivity index (χ1n) is 0.730. The normalized spacial score (nSPS) is 7.38. The van der Waals surface area contributed by atoms with Gasteiger partial charge in [0.15, 0.2) is 0 Å². The molecular weight excluding hydrogens is 345 g/mol. The van der Waals surface area contributed by atoms with Gasteiger partial charge in [0.25, 0.3) is 0 Å². The van der Waals surface area contributed by atoms with Gasteiger partial charge in [0, 0.05) is 27.3 Å². The molecule has 0 aromatic heterocycles. The van der Waals surface area contributed by atoms with Crippen LogP contribution >= 0.6 is 7.82 Å². The monoisotopic (exact) mass is 348 g/mol. The minimum Gasteiger partial charge on any atom is -0.822 e. The van der Waals surface area contributed by atoms with Gasteiger partial charge in [-0.2, -0.15) is 7.82 Å². The minimum absolute atomic E-state index is 0. The summed E-state index contributed by atoms with van der Waals surface area (Å²) >= 11 is 0. The minimum atomic E-state index is -5.39. The van der Waals surface area contributed by atoms with Crippen molar-refractivity contribution >= 4 is 52.5 Å². The third kappa shape index (κ3) is 138. The SMILES string of the molecule is O.O=P([O-])([O-])[O-].[Al+3].[Pb]. The Labute approximate surface area is 76.9 Å². The molecule has 0 bridgehead atoms. The smallest absolute Gasteiger partial charge is 0.822 e. The number of hydrogen-bond acceptors (Lipinski definition) is 4. The molecular formula is H2AlO5PPb. The Bertz CT molecular complexity index is 58.6. The molecule has 8 heteroatoms. The zero-order valence-corrected chi connectivity index (χ0v) is 9.59.